The fourth-order valence-corrected chi connectivity index (χ4v) is 2.08. The molecule has 0 heterocycles. The molecule has 2 nitrogen and oxygen atoms in total. The lowest BCUT2D eigenvalue weighted by molar-refractivity contribution is 0.220. The van der Waals surface area contributed by atoms with Gasteiger partial charge in [0.2, 0.25) is 0 Å². The maximum Gasteiger partial charge on any atom is 0.119 e. The first kappa shape index (κ1) is 13.9. The topological polar surface area (TPSA) is 29.5 Å². The summed E-state index contributed by atoms with van der Waals surface area (Å²) in [5, 5.41) is 10.9. The van der Waals surface area contributed by atoms with Crippen LogP contribution in [0.1, 0.15) is 30.6 Å². The van der Waals surface area contributed by atoms with Crippen molar-refractivity contribution < 1.29 is 9.84 Å². The molecule has 1 N–H and O–H groups in total. The third-order valence-electron chi connectivity index (χ3n) is 2.87. The Labute approximate surface area is 118 Å². The molecule has 1 unspecified atom stereocenters. The molecule has 0 aliphatic carbocycles. The lowest BCUT2D eigenvalue weighted by atomic mass is 10.0. The molecular formula is C16H17ClO2. The van der Waals surface area contributed by atoms with Gasteiger partial charge in [-0.25, -0.2) is 0 Å². The molecule has 19 heavy (non-hydrogen) atoms. The van der Waals surface area contributed by atoms with Crippen LogP contribution in [0, 0.1) is 0 Å². The molecule has 0 saturated heterocycles. The third-order valence-corrected chi connectivity index (χ3v) is 3.21. The minimum absolute atomic E-state index is 0.571. The van der Waals surface area contributed by atoms with Crippen LogP contribution in [-0.4, -0.2) is 11.7 Å². The smallest absolute Gasteiger partial charge is 0.119 e. The number of rotatable bonds is 5. The van der Waals surface area contributed by atoms with Crippen molar-refractivity contribution in [2.75, 3.05) is 6.61 Å². The van der Waals surface area contributed by atoms with Crippen LogP contribution in [0.5, 0.6) is 5.75 Å². The Morgan fingerprint density at radius 2 is 1.79 bits per heavy atom. The molecule has 2 aromatic carbocycles. The second kappa shape index (κ2) is 6.60. The highest BCUT2D eigenvalue weighted by Gasteiger charge is 2.13. The number of aliphatic hydroxyl groups is 1. The standard InChI is InChI=1S/C16H17ClO2/c1-2-11-19-13-9-7-12(8-10-13)16(18)14-5-3-4-6-15(14)17/h3-10,16,18H,2,11H2,1H3. The van der Waals surface area contributed by atoms with Gasteiger partial charge in [-0.2, -0.15) is 0 Å². The zero-order valence-electron chi connectivity index (χ0n) is 10.8. The van der Waals surface area contributed by atoms with Gasteiger partial charge in [-0.3, -0.25) is 0 Å². The van der Waals surface area contributed by atoms with Crippen LogP contribution in [-0.2, 0) is 0 Å². The van der Waals surface area contributed by atoms with E-state index in [2.05, 4.69) is 6.92 Å². The normalized spacial score (nSPS) is 12.2. The summed E-state index contributed by atoms with van der Waals surface area (Å²) in [7, 11) is 0. The van der Waals surface area contributed by atoms with Gasteiger partial charge in [-0.15, -0.1) is 0 Å². The summed E-state index contributed by atoms with van der Waals surface area (Å²) in [4.78, 5) is 0. The van der Waals surface area contributed by atoms with Crippen LogP contribution in [0.25, 0.3) is 0 Å². The van der Waals surface area contributed by atoms with Gasteiger partial charge in [-0.05, 0) is 30.2 Å². The van der Waals surface area contributed by atoms with E-state index in [0.29, 0.717) is 17.2 Å². The summed E-state index contributed by atoms with van der Waals surface area (Å²) in [6.45, 7) is 2.77. The molecule has 2 aromatic rings. The maximum absolute atomic E-state index is 10.3. The van der Waals surface area contributed by atoms with Crippen molar-refractivity contribution in [3.05, 3.63) is 64.7 Å². The molecule has 0 spiro atoms. The molecule has 2 rings (SSSR count). The van der Waals surface area contributed by atoms with Crippen LogP contribution in [0.15, 0.2) is 48.5 Å². The first-order valence-electron chi connectivity index (χ1n) is 6.37. The SMILES string of the molecule is CCCOc1ccc(C(O)c2ccccc2Cl)cc1. The fraction of sp³-hybridized carbons (Fsp3) is 0.250. The number of ether oxygens (including phenoxy) is 1. The highest BCUT2D eigenvalue weighted by molar-refractivity contribution is 6.31. The molecular weight excluding hydrogens is 260 g/mol. The van der Waals surface area contributed by atoms with E-state index in [-0.39, 0.29) is 0 Å². The molecule has 1 atom stereocenters. The predicted octanol–water partition coefficient (Wildman–Crippen LogP) is 4.21. The van der Waals surface area contributed by atoms with Crippen LogP contribution in [0.3, 0.4) is 0 Å². The fourth-order valence-electron chi connectivity index (χ4n) is 1.84. The van der Waals surface area contributed by atoms with Crippen molar-refractivity contribution in [3.63, 3.8) is 0 Å². The number of hydrogen-bond acceptors (Lipinski definition) is 2. The molecule has 0 saturated carbocycles. The molecule has 0 fully saturated rings. The van der Waals surface area contributed by atoms with E-state index < -0.39 is 6.10 Å². The van der Waals surface area contributed by atoms with Gasteiger partial charge in [-0.1, -0.05) is 48.9 Å². The molecule has 3 heteroatoms. The Morgan fingerprint density at radius 1 is 1.11 bits per heavy atom. The van der Waals surface area contributed by atoms with Crippen molar-refractivity contribution >= 4 is 11.6 Å². The van der Waals surface area contributed by atoms with E-state index in [1.165, 1.54) is 0 Å². The molecule has 100 valence electrons. The van der Waals surface area contributed by atoms with Crippen molar-refractivity contribution in [2.24, 2.45) is 0 Å². The second-order valence-electron chi connectivity index (χ2n) is 4.34. The summed E-state index contributed by atoms with van der Waals surface area (Å²) in [6.07, 6.45) is 0.262. The zero-order valence-corrected chi connectivity index (χ0v) is 11.6. The summed E-state index contributed by atoms with van der Waals surface area (Å²) in [5.74, 6) is 0.817. The monoisotopic (exact) mass is 276 g/mol. The number of aliphatic hydroxyl groups excluding tert-OH is 1. The lowest BCUT2D eigenvalue weighted by Crippen LogP contribution is -2.01. The Bertz CT molecular complexity index is 523. The Balaban J connectivity index is 2.16. The van der Waals surface area contributed by atoms with Crippen molar-refractivity contribution in [1.82, 2.24) is 0 Å². The third kappa shape index (κ3) is 3.49. The van der Waals surface area contributed by atoms with Crippen LogP contribution in [0.2, 0.25) is 5.02 Å². The van der Waals surface area contributed by atoms with Gasteiger partial charge in [0.25, 0.3) is 0 Å². The first-order chi connectivity index (χ1) is 9.22. The van der Waals surface area contributed by atoms with E-state index in [1.54, 1.807) is 6.07 Å². The summed E-state index contributed by atoms with van der Waals surface area (Å²) >= 11 is 6.08. The highest BCUT2D eigenvalue weighted by atomic mass is 35.5. The number of hydrogen-bond donors (Lipinski definition) is 1. The Hall–Kier alpha value is -1.51. The summed E-state index contributed by atoms with van der Waals surface area (Å²) in [6, 6.07) is 14.8. The van der Waals surface area contributed by atoms with Crippen molar-refractivity contribution in [3.8, 4) is 5.75 Å². The van der Waals surface area contributed by atoms with Crippen molar-refractivity contribution in [1.29, 1.82) is 0 Å². The summed E-state index contributed by atoms with van der Waals surface area (Å²) in [5.41, 5.74) is 1.52. The van der Waals surface area contributed by atoms with Crippen molar-refractivity contribution in [2.45, 2.75) is 19.4 Å². The number of halogens is 1. The zero-order chi connectivity index (χ0) is 13.7. The predicted molar refractivity (Wildman–Crippen MR) is 77.7 cm³/mol. The van der Waals surface area contributed by atoms with Gasteiger partial charge in [0.05, 0.1) is 6.61 Å². The largest absolute Gasteiger partial charge is 0.494 e. The van der Waals surface area contributed by atoms with Crippen LogP contribution < -0.4 is 4.74 Å². The average molecular weight is 277 g/mol. The highest BCUT2D eigenvalue weighted by Crippen LogP contribution is 2.28. The van der Waals surface area contributed by atoms with E-state index in [4.69, 9.17) is 16.3 Å². The van der Waals surface area contributed by atoms with Gasteiger partial charge >= 0.3 is 0 Å². The van der Waals surface area contributed by atoms with E-state index >= 15 is 0 Å². The van der Waals surface area contributed by atoms with Gasteiger partial charge in [0.1, 0.15) is 11.9 Å². The van der Waals surface area contributed by atoms with Gasteiger partial charge in [0, 0.05) is 10.6 Å². The van der Waals surface area contributed by atoms with Crippen LogP contribution >= 0.6 is 11.6 Å². The maximum atomic E-state index is 10.3. The molecule has 0 aromatic heterocycles. The minimum atomic E-state index is -0.714. The Kier molecular flexibility index (Phi) is 4.83. The van der Waals surface area contributed by atoms with E-state index in [0.717, 1.165) is 17.7 Å². The summed E-state index contributed by atoms with van der Waals surface area (Å²) < 4.78 is 5.51. The Morgan fingerprint density at radius 3 is 2.42 bits per heavy atom. The van der Waals surface area contributed by atoms with E-state index in [9.17, 15) is 5.11 Å². The van der Waals surface area contributed by atoms with Gasteiger partial charge < -0.3 is 9.84 Å². The second-order valence-corrected chi connectivity index (χ2v) is 4.75. The van der Waals surface area contributed by atoms with E-state index in [1.807, 2.05) is 42.5 Å². The first-order valence-corrected chi connectivity index (χ1v) is 6.75. The number of benzene rings is 2. The molecule has 0 aliphatic heterocycles. The quantitative estimate of drug-likeness (QED) is 0.886. The minimum Gasteiger partial charge on any atom is -0.494 e. The van der Waals surface area contributed by atoms with Gasteiger partial charge in [0.15, 0.2) is 0 Å². The lowest BCUT2D eigenvalue weighted by Gasteiger charge is -2.13. The average Bonchev–Trinajstić information content (AvgIpc) is 2.45. The molecule has 0 aliphatic rings. The van der Waals surface area contributed by atoms with Crippen LogP contribution in [0.4, 0.5) is 0 Å². The molecule has 0 bridgehead atoms. The molecule has 0 amide bonds. The molecule has 0 radical (unpaired) electrons.